The lowest BCUT2D eigenvalue weighted by molar-refractivity contribution is 0.0757. The minimum atomic E-state index is 0.106. The zero-order chi connectivity index (χ0) is 14.7. The fourth-order valence-electron chi connectivity index (χ4n) is 2.64. The summed E-state index contributed by atoms with van der Waals surface area (Å²) in [4.78, 5) is 17.7. The summed E-state index contributed by atoms with van der Waals surface area (Å²) in [5, 5.41) is 1.14. The number of aryl methyl sites for hydroxylation is 2. The van der Waals surface area contributed by atoms with Gasteiger partial charge in [-0.2, -0.15) is 0 Å². The highest BCUT2D eigenvalue weighted by molar-refractivity contribution is 5.99. The van der Waals surface area contributed by atoms with Crippen LogP contribution < -0.4 is 0 Å². The van der Waals surface area contributed by atoms with Crippen LogP contribution >= 0.6 is 0 Å². The molecule has 0 saturated heterocycles. The number of unbranched alkanes of at least 4 members (excludes halogenated alkanes) is 1. The molecule has 20 heavy (non-hydrogen) atoms. The van der Waals surface area contributed by atoms with E-state index in [0.717, 1.165) is 36.8 Å². The number of benzene rings is 1. The van der Waals surface area contributed by atoms with Gasteiger partial charge in [-0.1, -0.05) is 19.4 Å². The number of H-pyrrole nitrogens is 1. The number of hydrogen-bond acceptors (Lipinski definition) is 1. The van der Waals surface area contributed by atoms with Gasteiger partial charge in [0.15, 0.2) is 0 Å². The highest BCUT2D eigenvalue weighted by Gasteiger charge is 2.16. The van der Waals surface area contributed by atoms with E-state index in [1.165, 1.54) is 11.1 Å². The van der Waals surface area contributed by atoms with Crippen molar-refractivity contribution in [3.8, 4) is 0 Å². The van der Waals surface area contributed by atoms with Crippen LogP contribution in [0.2, 0.25) is 0 Å². The van der Waals surface area contributed by atoms with Crippen molar-refractivity contribution in [2.45, 2.75) is 40.5 Å². The van der Waals surface area contributed by atoms with Crippen molar-refractivity contribution in [2.75, 3.05) is 13.1 Å². The summed E-state index contributed by atoms with van der Waals surface area (Å²) in [6.07, 6.45) is 2.16. The molecule has 0 unspecified atom stereocenters. The number of fused-ring (bicyclic) bond motifs is 1. The largest absolute Gasteiger partial charge is 0.351 e. The van der Waals surface area contributed by atoms with Gasteiger partial charge < -0.3 is 9.88 Å². The van der Waals surface area contributed by atoms with E-state index < -0.39 is 0 Å². The molecule has 1 N–H and O–H groups in total. The van der Waals surface area contributed by atoms with Crippen LogP contribution in [0.3, 0.4) is 0 Å². The quantitative estimate of drug-likeness (QED) is 0.876. The van der Waals surface area contributed by atoms with Crippen LogP contribution in [0.4, 0.5) is 0 Å². The molecule has 3 nitrogen and oxygen atoms in total. The molecule has 3 heteroatoms. The number of aromatic nitrogens is 1. The third-order valence-electron chi connectivity index (χ3n) is 3.77. The Kier molecular flexibility index (Phi) is 4.48. The van der Waals surface area contributed by atoms with E-state index in [1.54, 1.807) is 0 Å². The van der Waals surface area contributed by atoms with E-state index in [2.05, 4.69) is 37.9 Å². The van der Waals surface area contributed by atoms with Gasteiger partial charge >= 0.3 is 0 Å². The predicted octanol–water partition coefficient (Wildman–Crippen LogP) is 4.05. The van der Waals surface area contributed by atoms with E-state index in [1.807, 2.05) is 17.9 Å². The minimum absolute atomic E-state index is 0.106. The molecule has 2 aromatic rings. The van der Waals surface area contributed by atoms with Crippen LogP contribution in [-0.2, 0) is 0 Å². The van der Waals surface area contributed by atoms with Crippen molar-refractivity contribution >= 4 is 16.8 Å². The Bertz CT molecular complexity index is 613. The van der Waals surface area contributed by atoms with Crippen molar-refractivity contribution < 1.29 is 4.79 Å². The van der Waals surface area contributed by atoms with Crippen LogP contribution in [0.25, 0.3) is 10.9 Å². The highest BCUT2D eigenvalue weighted by Crippen LogP contribution is 2.22. The second-order valence-electron chi connectivity index (χ2n) is 5.46. The van der Waals surface area contributed by atoms with Gasteiger partial charge in [-0.05, 0) is 50.5 Å². The smallest absolute Gasteiger partial charge is 0.270 e. The van der Waals surface area contributed by atoms with E-state index in [0.29, 0.717) is 5.69 Å². The lowest BCUT2D eigenvalue weighted by atomic mass is 10.1. The SMILES string of the molecule is CCCCN(CC)C(=O)c1cc2c(C)cc(C)cc2[nH]1. The van der Waals surface area contributed by atoms with E-state index >= 15 is 0 Å². The van der Waals surface area contributed by atoms with Gasteiger partial charge in [0, 0.05) is 24.0 Å². The van der Waals surface area contributed by atoms with Crippen molar-refractivity contribution in [1.29, 1.82) is 0 Å². The number of nitrogens with one attached hydrogen (secondary N) is 1. The van der Waals surface area contributed by atoms with Gasteiger partial charge in [0.25, 0.3) is 5.91 Å². The van der Waals surface area contributed by atoms with Crippen LogP contribution in [0.5, 0.6) is 0 Å². The molecule has 0 bridgehead atoms. The second-order valence-corrected chi connectivity index (χ2v) is 5.46. The van der Waals surface area contributed by atoms with Crippen LogP contribution in [-0.4, -0.2) is 28.9 Å². The summed E-state index contributed by atoms with van der Waals surface area (Å²) in [7, 11) is 0. The summed E-state index contributed by atoms with van der Waals surface area (Å²) in [5.41, 5.74) is 4.19. The molecule has 1 heterocycles. The molecule has 0 radical (unpaired) electrons. The van der Waals surface area contributed by atoms with Gasteiger partial charge in [-0.3, -0.25) is 4.79 Å². The van der Waals surface area contributed by atoms with Crippen LogP contribution in [0, 0.1) is 13.8 Å². The number of carbonyl (C=O) groups is 1. The van der Waals surface area contributed by atoms with Gasteiger partial charge in [0.1, 0.15) is 5.69 Å². The normalized spacial score (nSPS) is 11.0. The molecule has 0 atom stereocenters. The minimum Gasteiger partial charge on any atom is -0.351 e. The first-order chi connectivity index (χ1) is 9.56. The summed E-state index contributed by atoms with van der Waals surface area (Å²) in [6, 6.07) is 6.24. The summed E-state index contributed by atoms with van der Waals surface area (Å²) in [6.45, 7) is 9.94. The first-order valence-electron chi connectivity index (χ1n) is 7.46. The van der Waals surface area contributed by atoms with Crippen molar-refractivity contribution in [1.82, 2.24) is 9.88 Å². The molecule has 0 spiro atoms. The molecular formula is C17H24N2O. The second kappa shape index (κ2) is 6.12. The zero-order valence-corrected chi connectivity index (χ0v) is 12.9. The molecule has 0 fully saturated rings. The van der Waals surface area contributed by atoms with Crippen LogP contribution in [0.1, 0.15) is 48.3 Å². The fourth-order valence-corrected chi connectivity index (χ4v) is 2.64. The molecule has 108 valence electrons. The maximum Gasteiger partial charge on any atom is 0.270 e. The first-order valence-corrected chi connectivity index (χ1v) is 7.46. The molecule has 0 aliphatic rings. The Hall–Kier alpha value is -1.77. The number of rotatable bonds is 5. The molecule has 2 rings (SSSR count). The standard InChI is InChI=1S/C17H24N2O/c1-5-7-8-19(6-2)17(20)16-11-14-13(4)9-12(3)10-15(14)18-16/h9-11,18H,5-8H2,1-4H3. The number of carbonyl (C=O) groups excluding carboxylic acids is 1. The van der Waals surface area contributed by atoms with E-state index in [4.69, 9.17) is 0 Å². The average Bonchev–Trinajstić information content (AvgIpc) is 2.83. The molecular weight excluding hydrogens is 248 g/mol. The van der Waals surface area contributed by atoms with Crippen molar-refractivity contribution in [3.05, 3.63) is 35.0 Å². The third kappa shape index (κ3) is 2.87. The monoisotopic (exact) mass is 272 g/mol. The third-order valence-corrected chi connectivity index (χ3v) is 3.77. The maximum atomic E-state index is 12.5. The number of hydrogen-bond donors (Lipinski definition) is 1. The van der Waals surface area contributed by atoms with Gasteiger partial charge in [-0.25, -0.2) is 0 Å². The fraction of sp³-hybridized carbons (Fsp3) is 0.471. The molecule has 1 aromatic heterocycles. The Morgan fingerprint density at radius 2 is 1.95 bits per heavy atom. The summed E-state index contributed by atoms with van der Waals surface area (Å²) < 4.78 is 0. The molecule has 0 saturated carbocycles. The van der Waals surface area contributed by atoms with E-state index in [9.17, 15) is 4.79 Å². The number of aromatic amines is 1. The van der Waals surface area contributed by atoms with Gasteiger partial charge in [0.2, 0.25) is 0 Å². The van der Waals surface area contributed by atoms with Gasteiger partial charge in [-0.15, -0.1) is 0 Å². The zero-order valence-electron chi connectivity index (χ0n) is 12.9. The molecule has 0 aliphatic heterocycles. The summed E-state index contributed by atoms with van der Waals surface area (Å²) in [5.74, 6) is 0.106. The Morgan fingerprint density at radius 3 is 2.60 bits per heavy atom. The Morgan fingerprint density at radius 1 is 1.20 bits per heavy atom. The maximum absolute atomic E-state index is 12.5. The average molecular weight is 272 g/mol. The lowest BCUT2D eigenvalue weighted by Gasteiger charge is -2.19. The number of amides is 1. The predicted molar refractivity (Wildman–Crippen MR) is 84.3 cm³/mol. The lowest BCUT2D eigenvalue weighted by Crippen LogP contribution is -2.31. The Labute approximate surface area is 121 Å². The first kappa shape index (κ1) is 14.6. The molecule has 1 aromatic carbocycles. The van der Waals surface area contributed by atoms with Crippen molar-refractivity contribution in [2.24, 2.45) is 0 Å². The van der Waals surface area contributed by atoms with Gasteiger partial charge in [0.05, 0.1) is 0 Å². The van der Waals surface area contributed by atoms with E-state index in [-0.39, 0.29) is 5.91 Å². The molecule has 1 amide bonds. The van der Waals surface area contributed by atoms with Crippen molar-refractivity contribution in [3.63, 3.8) is 0 Å². The topological polar surface area (TPSA) is 36.1 Å². The van der Waals surface area contributed by atoms with Crippen LogP contribution in [0.15, 0.2) is 18.2 Å². The Balaban J connectivity index is 2.32. The number of nitrogens with zero attached hydrogens (tertiary/aromatic N) is 1. The molecule has 0 aliphatic carbocycles. The highest BCUT2D eigenvalue weighted by atomic mass is 16.2. The summed E-state index contributed by atoms with van der Waals surface area (Å²) >= 11 is 0.